The lowest BCUT2D eigenvalue weighted by molar-refractivity contribution is 0.625. The molecule has 0 saturated carbocycles. The number of nitrogens with one attached hydrogen (secondary N) is 1. The molecule has 0 radical (unpaired) electrons. The molecule has 0 spiro atoms. The molecular formula is C16H18FN3. The third kappa shape index (κ3) is 3.15. The zero-order chi connectivity index (χ0) is 14.7. The highest BCUT2D eigenvalue weighted by atomic mass is 19.1. The number of nitrogen functional groups attached to an aromatic ring is 1. The number of hydrogen-bond acceptors (Lipinski definition) is 2. The molecule has 0 atom stereocenters. The van der Waals surface area contributed by atoms with Crippen molar-refractivity contribution in [3.05, 3.63) is 65.0 Å². The Morgan fingerprint density at radius 2 is 2.00 bits per heavy atom. The highest BCUT2D eigenvalue weighted by Gasteiger charge is 2.10. The van der Waals surface area contributed by atoms with Crippen molar-refractivity contribution in [2.24, 2.45) is 5.73 Å². The predicted molar refractivity (Wildman–Crippen MR) is 80.7 cm³/mol. The molecule has 3 N–H and O–H groups in total. The second kappa shape index (κ2) is 5.74. The first-order chi connectivity index (χ1) is 9.47. The van der Waals surface area contributed by atoms with Gasteiger partial charge in [0.1, 0.15) is 11.7 Å². The van der Waals surface area contributed by atoms with E-state index in [2.05, 4.69) is 0 Å². The summed E-state index contributed by atoms with van der Waals surface area (Å²) in [5, 5.41) is 7.67. The van der Waals surface area contributed by atoms with Crippen LogP contribution in [0.1, 0.15) is 16.7 Å². The number of halogens is 1. The average Bonchev–Trinajstić information content (AvgIpc) is 2.38. The van der Waals surface area contributed by atoms with E-state index in [9.17, 15) is 4.39 Å². The summed E-state index contributed by atoms with van der Waals surface area (Å²) < 4.78 is 13.2. The van der Waals surface area contributed by atoms with E-state index in [1.54, 1.807) is 6.07 Å². The minimum Gasteiger partial charge on any atom is -0.384 e. The molecule has 0 amide bonds. The van der Waals surface area contributed by atoms with E-state index in [1.807, 2.05) is 43.1 Å². The quantitative estimate of drug-likeness (QED) is 0.663. The van der Waals surface area contributed by atoms with Crippen molar-refractivity contribution in [2.45, 2.75) is 13.5 Å². The van der Waals surface area contributed by atoms with Crippen molar-refractivity contribution < 1.29 is 4.39 Å². The molecule has 20 heavy (non-hydrogen) atoms. The minimum absolute atomic E-state index is 0.0368. The predicted octanol–water partition coefficient (Wildman–Crippen LogP) is 3.05. The molecule has 0 heterocycles. The van der Waals surface area contributed by atoms with Gasteiger partial charge in [-0.1, -0.05) is 23.8 Å². The maximum atomic E-state index is 13.2. The number of nitrogens with zero attached hydrogens (tertiary/aromatic N) is 1. The highest BCUT2D eigenvalue weighted by molar-refractivity contribution is 6.00. The molecule has 104 valence electrons. The molecule has 2 aromatic carbocycles. The topological polar surface area (TPSA) is 53.1 Å². The molecular weight excluding hydrogens is 253 g/mol. The fourth-order valence-electron chi connectivity index (χ4n) is 2.19. The molecule has 2 rings (SSSR count). The first-order valence-corrected chi connectivity index (χ1v) is 6.38. The number of hydrogen-bond donors (Lipinski definition) is 2. The van der Waals surface area contributed by atoms with Gasteiger partial charge in [-0.3, -0.25) is 5.41 Å². The SMILES string of the molecule is Cc1ccc(N(C)Cc2cccc(F)c2)c(C(=N)N)c1. The van der Waals surface area contributed by atoms with Crippen LogP contribution in [0.25, 0.3) is 0 Å². The number of aryl methyl sites for hydroxylation is 1. The fourth-order valence-corrected chi connectivity index (χ4v) is 2.19. The third-order valence-electron chi connectivity index (χ3n) is 3.16. The lowest BCUT2D eigenvalue weighted by Gasteiger charge is -2.22. The van der Waals surface area contributed by atoms with Crippen LogP contribution in [-0.4, -0.2) is 12.9 Å². The molecule has 0 aliphatic rings. The van der Waals surface area contributed by atoms with E-state index < -0.39 is 0 Å². The smallest absolute Gasteiger partial charge is 0.124 e. The van der Waals surface area contributed by atoms with Crippen LogP contribution in [0.15, 0.2) is 42.5 Å². The lowest BCUT2D eigenvalue weighted by atomic mass is 10.1. The van der Waals surface area contributed by atoms with Gasteiger partial charge in [-0.05, 0) is 36.8 Å². The summed E-state index contributed by atoms with van der Waals surface area (Å²) in [6.45, 7) is 2.52. The van der Waals surface area contributed by atoms with Crippen molar-refractivity contribution in [1.29, 1.82) is 5.41 Å². The Balaban J connectivity index is 2.29. The second-order valence-electron chi connectivity index (χ2n) is 4.92. The summed E-state index contributed by atoms with van der Waals surface area (Å²) in [7, 11) is 1.90. The average molecular weight is 271 g/mol. The monoisotopic (exact) mass is 271 g/mol. The van der Waals surface area contributed by atoms with Gasteiger partial charge in [0.25, 0.3) is 0 Å². The zero-order valence-corrected chi connectivity index (χ0v) is 11.7. The molecule has 0 fully saturated rings. The van der Waals surface area contributed by atoms with Crippen molar-refractivity contribution in [1.82, 2.24) is 0 Å². The first kappa shape index (κ1) is 14.1. The number of anilines is 1. The van der Waals surface area contributed by atoms with E-state index >= 15 is 0 Å². The van der Waals surface area contributed by atoms with E-state index in [-0.39, 0.29) is 11.7 Å². The van der Waals surface area contributed by atoms with Crippen molar-refractivity contribution in [3.63, 3.8) is 0 Å². The summed E-state index contributed by atoms with van der Waals surface area (Å²) in [5.41, 5.74) is 9.13. The molecule has 0 aromatic heterocycles. The van der Waals surface area contributed by atoms with E-state index in [0.29, 0.717) is 12.1 Å². The fraction of sp³-hybridized carbons (Fsp3) is 0.188. The maximum absolute atomic E-state index is 13.2. The number of rotatable bonds is 4. The third-order valence-corrected chi connectivity index (χ3v) is 3.16. The van der Waals surface area contributed by atoms with E-state index in [4.69, 9.17) is 11.1 Å². The summed E-state index contributed by atoms with van der Waals surface area (Å²) in [4.78, 5) is 1.96. The van der Waals surface area contributed by atoms with Gasteiger partial charge in [0.05, 0.1) is 0 Å². The van der Waals surface area contributed by atoms with E-state index in [1.165, 1.54) is 12.1 Å². The summed E-state index contributed by atoms with van der Waals surface area (Å²) in [6.07, 6.45) is 0. The Kier molecular flexibility index (Phi) is 4.03. The molecule has 0 bridgehead atoms. The van der Waals surface area contributed by atoms with Crippen molar-refractivity contribution in [3.8, 4) is 0 Å². The molecule has 2 aromatic rings. The van der Waals surface area contributed by atoms with Crippen LogP contribution in [0.4, 0.5) is 10.1 Å². The van der Waals surface area contributed by atoms with Gasteiger partial charge in [0.15, 0.2) is 0 Å². The zero-order valence-electron chi connectivity index (χ0n) is 11.7. The molecule has 3 nitrogen and oxygen atoms in total. The van der Waals surface area contributed by atoms with Crippen LogP contribution in [0, 0.1) is 18.2 Å². The van der Waals surface area contributed by atoms with Crippen LogP contribution in [0.5, 0.6) is 0 Å². The Bertz CT molecular complexity index is 637. The Morgan fingerprint density at radius 1 is 1.25 bits per heavy atom. The van der Waals surface area contributed by atoms with Gasteiger partial charge in [-0.25, -0.2) is 4.39 Å². The molecule has 0 aliphatic heterocycles. The normalized spacial score (nSPS) is 10.3. The van der Waals surface area contributed by atoms with Crippen molar-refractivity contribution in [2.75, 3.05) is 11.9 Å². The van der Waals surface area contributed by atoms with Crippen LogP contribution < -0.4 is 10.6 Å². The largest absolute Gasteiger partial charge is 0.384 e. The second-order valence-corrected chi connectivity index (χ2v) is 4.92. The molecule has 0 saturated heterocycles. The maximum Gasteiger partial charge on any atom is 0.124 e. The van der Waals surface area contributed by atoms with Gasteiger partial charge < -0.3 is 10.6 Å². The van der Waals surface area contributed by atoms with E-state index in [0.717, 1.165) is 16.8 Å². The van der Waals surface area contributed by atoms with Crippen LogP contribution in [0.3, 0.4) is 0 Å². The first-order valence-electron chi connectivity index (χ1n) is 6.38. The summed E-state index contributed by atoms with van der Waals surface area (Å²) in [5.74, 6) is -0.207. The molecule has 4 heteroatoms. The number of nitrogens with two attached hydrogens (primary N) is 1. The number of benzene rings is 2. The van der Waals surface area contributed by atoms with Gasteiger partial charge >= 0.3 is 0 Å². The summed E-state index contributed by atoms with van der Waals surface area (Å²) in [6, 6.07) is 12.3. The summed E-state index contributed by atoms with van der Waals surface area (Å²) >= 11 is 0. The van der Waals surface area contributed by atoms with Crippen LogP contribution in [0.2, 0.25) is 0 Å². The van der Waals surface area contributed by atoms with Gasteiger partial charge in [0, 0.05) is 24.8 Å². The Hall–Kier alpha value is -2.36. The van der Waals surface area contributed by atoms with Gasteiger partial charge in [-0.15, -0.1) is 0 Å². The van der Waals surface area contributed by atoms with Crippen molar-refractivity contribution >= 4 is 11.5 Å². The van der Waals surface area contributed by atoms with Gasteiger partial charge in [-0.2, -0.15) is 0 Å². The van der Waals surface area contributed by atoms with Gasteiger partial charge in [0.2, 0.25) is 0 Å². The molecule has 0 unspecified atom stereocenters. The Morgan fingerprint density at radius 3 is 2.65 bits per heavy atom. The van der Waals surface area contributed by atoms with Crippen LogP contribution in [-0.2, 0) is 6.54 Å². The Labute approximate surface area is 118 Å². The highest BCUT2D eigenvalue weighted by Crippen LogP contribution is 2.22. The number of amidine groups is 1. The lowest BCUT2D eigenvalue weighted by Crippen LogP contribution is -2.22. The molecule has 0 aliphatic carbocycles. The minimum atomic E-state index is -0.244. The van der Waals surface area contributed by atoms with Crippen LogP contribution >= 0.6 is 0 Å². The standard InChI is InChI=1S/C16H18FN3/c1-11-6-7-15(14(8-11)16(18)19)20(2)10-12-4-3-5-13(17)9-12/h3-9H,10H2,1-2H3,(H3,18,19).